The summed E-state index contributed by atoms with van der Waals surface area (Å²) in [6, 6.07) is 3.31. The third kappa shape index (κ3) is 4.38. The van der Waals surface area contributed by atoms with Gasteiger partial charge in [-0.2, -0.15) is 0 Å². The Hall–Kier alpha value is -1.24. The summed E-state index contributed by atoms with van der Waals surface area (Å²) in [5, 5.41) is 3.18. The van der Waals surface area contributed by atoms with Crippen LogP contribution >= 0.6 is 12.4 Å². The van der Waals surface area contributed by atoms with E-state index < -0.39 is 17.7 Å². The van der Waals surface area contributed by atoms with Crippen LogP contribution in [0.25, 0.3) is 0 Å². The molecule has 22 heavy (non-hydrogen) atoms. The lowest BCUT2D eigenvalue weighted by Gasteiger charge is -2.31. The maximum absolute atomic E-state index is 13.8. The van der Waals surface area contributed by atoms with Crippen molar-refractivity contribution < 1.29 is 13.6 Å². The zero-order valence-electron chi connectivity index (χ0n) is 12.8. The van der Waals surface area contributed by atoms with E-state index in [0.717, 1.165) is 13.1 Å². The molecule has 0 radical (unpaired) electrons. The number of likely N-dealkylation sites (N-methyl/N-ethyl adjacent to an activating group) is 1. The zero-order chi connectivity index (χ0) is 15.4. The first-order valence-corrected chi connectivity index (χ1v) is 7.13. The Kier molecular flexibility index (Phi) is 7.19. The molecule has 0 saturated carbocycles. The molecular formula is C15H22ClF2N3O. The minimum atomic E-state index is -0.580. The third-order valence-electron chi connectivity index (χ3n) is 3.93. The van der Waals surface area contributed by atoms with Gasteiger partial charge in [0.1, 0.15) is 11.6 Å². The summed E-state index contributed by atoms with van der Waals surface area (Å²) < 4.78 is 27.6. The van der Waals surface area contributed by atoms with Gasteiger partial charge in [0.2, 0.25) is 5.91 Å². The van der Waals surface area contributed by atoms with Crippen molar-refractivity contribution in [1.82, 2.24) is 15.1 Å². The van der Waals surface area contributed by atoms with Gasteiger partial charge in [-0.25, -0.2) is 8.78 Å². The topological polar surface area (TPSA) is 35.6 Å². The van der Waals surface area contributed by atoms with Crippen LogP contribution in [-0.4, -0.2) is 55.5 Å². The van der Waals surface area contributed by atoms with E-state index in [4.69, 9.17) is 0 Å². The number of halogens is 3. The van der Waals surface area contributed by atoms with E-state index in [0.29, 0.717) is 13.1 Å². The van der Waals surface area contributed by atoms with E-state index >= 15 is 0 Å². The second kappa shape index (κ2) is 8.41. The summed E-state index contributed by atoms with van der Waals surface area (Å²) in [4.78, 5) is 15.6. The molecule has 1 heterocycles. The van der Waals surface area contributed by atoms with Gasteiger partial charge in [0, 0.05) is 37.8 Å². The fraction of sp³-hybridized carbons (Fsp3) is 0.533. The van der Waals surface area contributed by atoms with E-state index in [1.54, 1.807) is 23.8 Å². The first kappa shape index (κ1) is 18.8. The molecule has 0 aliphatic carbocycles. The summed E-state index contributed by atoms with van der Waals surface area (Å²) in [7, 11) is 1.71. The van der Waals surface area contributed by atoms with E-state index in [-0.39, 0.29) is 30.4 Å². The molecule has 1 saturated heterocycles. The van der Waals surface area contributed by atoms with Crippen LogP contribution in [0.2, 0.25) is 0 Å². The Morgan fingerprint density at radius 3 is 2.41 bits per heavy atom. The van der Waals surface area contributed by atoms with Crippen molar-refractivity contribution in [1.29, 1.82) is 0 Å². The zero-order valence-corrected chi connectivity index (χ0v) is 13.6. The first-order valence-electron chi connectivity index (χ1n) is 7.13. The average Bonchev–Trinajstić information content (AvgIpc) is 2.47. The molecule has 1 amide bonds. The number of carbonyl (C=O) groups excluding carboxylic acids is 1. The number of benzene rings is 1. The van der Waals surface area contributed by atoms with Crippen LogP contribution in [0.5, 0.6) is 0 Å². The molecule has 1 fully saturated rings. The molecule has 4 nitrogen and oxygen atoms in total. The van der Waals surface area contributed by atoms with Crippen LogP contribution in [0, 0.1) is 11.6 Å². The lowest BCUT2D eigenvalue weighted by Crippen LogP contribution is -2.49. The monoisotopic (exact) mass is 333 g/mol. The number of nitrogens with zero attached hydrogens (tertiary/aromatic N) is 2. The molecule has 0 bridgehead atoms. The van der Waals surface area contributed by atoms with E-state index in [1.165, 1.54) is 18.2 Å². The number of nitrogens with one attached hydrogen (secondary N) is 1. The van der Waals surface area contributed by atoms with Crippen molar-refractivity contribution >= 4 is 18.3 Å². The van der Waals surface area contributed by atoms with Gasteiger partial charge in [-0.1, -0.05) is 6.07 Å². The largest absolute Gasteiger partial charge is 0.339 e. The van der Waals surface area contributed by atoms with Crippen LogP contribution in [0.15, 0.2) is 18.2 Å². The molecule has 2 rings (SSSR count). The van der Waals surface area contributed by atoms with Crippen molar-refractivity contribution in [3.8, 4) is 0 Å². The van der Waals surface area contributed by atoms with Gasteiger partial charge in [-0.05, 0) is 26.1 Å². The predicted molar refractivity (Wildman–Crippen MR) is 84.1 cm³/mol. The van der Waals surface area contributed by atoms with Crippen molar-refractivity contribution in [2.45, 2.75) is 13.0 Å². The Morgan fingerprint density at radius 2 is 1.86 bits per heavy atom. The summed E-state index contributed by atoms with van der Waals surface area (Å²) in [5.74, 6) is -1.17. The maximum atomic E-state index is 13.8. The molecule has 1 aliphatic rings. The smallest absolute Gasteiger partial charge is 0.236 e. The Balaban J connectivity index is 0.00000242. The maximum Gasteiger partial charge on any atom is 0.236 e. The van der Waals surface area contributed by atoms with Gasteiger partial charge >= 0.3 is 0 Å². The summed E-state index contributed by atoms with van der Waals surface area (Å²) in [6.07, 6.45) is 0. The molecule has 0 aromatic heterocycles. The highest BCUT2D eigenvalue weighted by molar-refractivity contribution is 5.85. The summed E-state index contributed by atoms with van der Waals surface area (Å²) in [6.45, 7) is 4.77. The molecule has 1 aromatic rings. The SMILES string of the molecule is CC(c1c(F)cccc1F)N(C)CC(=O)N1CCNCC1.Cl. The minimum absolute atomic E-state index is 0. The first-order chi connectivity index (χ1) is 10.0. The number of hydrogen-bond acceptors (Lipinski definition) is 3. The molecule has 0 spiro atoms. The van der Waals surface area contributed by atoms with Crippen LogP contribution in [0.4, 0.5) is 8.78 Å². The van der Waals surface area contributed by atoms with Crippen molar-refractivity contribution in [3.63, 3.8) is 0 Å². The predicted octanol–water partition coefficient (Wildman–Crippen LogP) is 1.81. The Bertz CT molecular complexity index is 489. The lowest BCUT2D eigenvalue weighted by atomic mass is 10.1. The van der Waals surface area contributed by atoms with Crippen LogP contribution in [0.3, 0.4) is 0 Å². The van der Waals surface area contributed by atoms with Gasteiger partial charge in [0.05, 0.1) is 6.54 Å². The molecule has 1 atom stereocenters. The molecule has 1 aliphatic heterocycles. The van der Waals surface area contributed by atoms with E-state index in [9.17, 15) is 13.6 Å². The number of hydrogen-bond donors (Lipinski definition) is 1. The molecule has 1 aromatic carbocycles. The highest BCUT2D eigenvalue weighted by Gasteiger charge is 2.24. The summed E-state index contributed by atoms with van der Waals surface area (Å²) >= 11 is 0. The summed E-state index contributed by atoms with van der Waals surface area (Å²) in [5.41, 5.74) is 0.00751. The molecule has 1 unspecified atom stereocenters. The molecule has 7 heteroatoms. The number of rotatable bonds is 4. The lowest BCUT2D eigenvalue weighted by molar-refractivity contribution is -0.133. The van der Waals surface area contributed by atoms with Crippen LogP contribution in [0.1, 0.15) is 18.5 Å². The fourth-order valence-corrected chi connectivity index (χ4v) is 2.49. The Morgan fingerprint density at radius 1 is 1.32 bits per heavy atom. The highest BCUT2D eigenvalue weighted by Crippen LogP contribution is 2.24. The normalized spacial score (nSPS) is 16.3. The number of amides is 1. The van der Waals surface area contributed by atoms with Gasteiger partial charge in [-0.3, -0.25) is 9.69 Å². The fourth-order valence-electron chi connectivity index (χ4n) is 2.49. The second-order valence-corrected chi connectivity index (χ2v) is 5.36. The van der Waals surface area contributed by atoms with Gasteiger partial charge in [-0.15, -0.1) is 12.4 Å². The standard InChI is InChI=1S/C15H21F2N3O.ClH/c1-11(15-12(16)4-3-5-13(15)17)19(2)10-14(21)20-8-6-18-7-9-20;/h3-5,11,18H,6-10H2,1-2H3;1H. The minimum Gasteiger partial charge on any atom is -0.339 e. The van der Waals surface area contributed by atoms with Crippen molar-refractivity contribution in [3.05, 3.63) is 35.4 Å². The molecule has 124 valence electrons. The number of carbonyl (C=O) groups is 1. The second-order valence-electron chi connectivity index (χ2n) is 5.36. The van der Waals surface area contributed by atoms with Gasteiger partial charge in [0.15, 0.2) is 0 Å². The van der Waals surface area contributed by atoms with Gasteiger partial charge < -0.3 is 10.2 Å². The average molecular weight is 334 g/mol. The quantitative estimate of drug-likeness (QED) is 0.913. The third-order valence-corrected chi connectivity index (χ3v) is 3.93. The van der Waals surface area contributed by atoms with E-state index in [1.807, 2.05) is 0 Å². The van der Waals surface area contributed by atoms with Crippen LogP contribution in [-0.2, 0) is 4.79 Å². The molecule has 1 N–H and O–H groups in total. The highest BCUT2D eigenvalue weighted by atomic mass is 35.5. The van der Waals surface area contributed by atoms with Crippen LogP contribution < -0.4 is 5.32 Å². The van der Waals surface area contributed by atoms with Gasteiger partial charge in [0.25, 0.3) is 0 Å². The number of piperazine rings is 1. The Labute approximate surface area is 135 Å². The van der Waals surface area contributed by atoms with Crippen molar-refractivity contribution in [2.24, 2.45) is 0 Å². The molecular weight excluding hydrogens is 312 g/mol. The van der Waals surface area contributed by atoms with Crippen molar-refractivity contribution in [2.75, 3.05) is 39.8 Å². The van der Waals surface area contributed by atoms with E-state index in [2.05, 4.69) is 5.32 Å².